The smallest absolute Gasteiger partial charge is 0.216 e. The molecule has 1 aliphatic rings. The summed E-state index contributed by atoms with van der Waals surface area (Å²) in [5, 5.41) is 3.38. The Kier molecular flexibility index (Phi) is 8.65. The quantitative estimate of drug-likeness (QED) is 0.505. The maximum absolute atomic E-state index is 12.5. The molecule has 2 heterocycles. The number of aliphatic imine (C=N–C) groups is 1. The lowest BCUT2D eigenvalue weighted by atomic mass is 10.1. The van der Waals surface area contributed by atoms with E-state index in [4.69, 9.17) is 4.74 Å². The minimum Gasteiger partial charge on any atom is -0.378 e. The van der Waals surface area contributed by atoms with Crippen LogP contribution in [-0.4, -0.2) is 86.8 Å². The maximum atomic E-state index is 12.5. The third kappa shape index (κ3) is 6.72. The SMILES string of the molecule is CN=C(NCCc1ccncc1C)N1CCN(S(=O)(=O)CCOC(C)C)CC1. The lowest BCUT2D eigenvalue weighted by Crippen LogP contribution is -2.54. The molecule has 0 saturated carbocycles. The Morgan fingerprint density at radius 3 is 2.64 bits per heavy atom. The molecule has 0 bridgehead atoms. The van der Waals surface area contributed by atoms with E-state index in [9.17, 15) is 8.42 Å². The van der Waals surface area contributed by atoms with Crippen LogP contribution in [0.4, 0.5) is 0 Å². The molecule has 0 atom stereocenters. The van der Waals surface area contributed by atoms with Crippen LogP contribution in [0.1, 0.15) is 25.0 Å². The van der Waals surface area contributed by atoms with Crippen molar-refractivity contribution in [2.45, 2.75) is 33.3 Å². The molecule has 1 N–H and O–H groups in total. The molecule has 1 fully saturated rings. The van der Waals surface area contributed by atoms with Crippen LogP contribution in [0.3, 0.4) is 0 Å². The second kappa shape index (κ2) is 10.7. The standard InChI is InChI=1S/C19H33N5O3S/c1-16(2)27-13-14-28(25,26)24-11-9-23(10-12-24)19(20-4)22-8-6-18-5-7-21-15-17(18)3/h5,7,15-16H,6,8-14H2,1-4H3,(H,20,22). The number of nitrogens with one attached hydrogen (secondary N) is 1. The third-order valence-electron chi connectivity index (χ3n) is 4.75. The molecule has 0 amide bonds. The molecule has 1 aliphatic heterocycles. The predicted octanol–water partition coefficient (Wildman–Crippen LogP) is 0.880. The van der Waals surface area contributed by atoms with Crippen molar-refractivity contribution >= 4 is 16.0 Å². The van der Waals surface area contributed by atoms with Gasteiger partial charge in [0.1, 0.15) is 0 Å². The Morgan fingerprint density at radius 1 is 1.32 bits per heavy atom. The molecule has 0 radical (unpaired) electrons. The van der Waals surface area contributed by atoms with Crippen molar-refractivity contribution in [3.63, 3.8) is 0 Å². The first-order chi connectivity index (χ1) is 13.3. The predicted molar refractivity (Wildman–Crippen MR) is 112 cm³/mol. The molecule has 0 spiro atoms. The van der Waals surface area contributed by atoms with Gasteiger partial charge in [-0.3, -0.25) is 9.98 Å². The van der Waals surface area contributed by atoms with Crippen molar-refractivity contribution < 1.29 is 13.2 Å². The summed E-state index contributed by atoms with van der Waals surface area (Å²) >= 11 is 0. The summed E-state index contributed by atoms with van der Waals surface area (Å²) in [7, 11) is -1.52. The van der Waals surface area contributed by atoms with Crippen molar-refractivity contribution in [1.29, 1.82) is 0 Å². The van der Waals surface area contributed by atoms with Crippen LogP contribution in [0, 0.1) is 6.92 Å². The second-order valence-electron chi connectivity index (χ2n) is 7.15. The van der Waals surface area contributed by atoms with Gasteiger partial charge >= 0.3 is 0 Å². The fourth-order valence-corrected chi connectivity index (χ4v) is 4.40. The topological polar surface area (TPSA) is 87.1 Å². The number of piperazine rings is 1. The summed E-state index contributed by atoms with van der Waals surface area (Å²) in [4.78, 5) is 10.6. The van der Waals surface area contributed by atoms with Crippen molar-refractivity contribution in [1.82, 2.24) is 19.5 Å². The number of aryl methyl sites for hydroxylation is 1. The first-order valence-electron chi connectivity index (χ1n) is 9.78. The fourth-order valence-electron chi connectivity index (χ4n) is 3.12. The first kappa shape index (κ1) is 22.6. The minimum absolute atomic E-state index is 0.0312. The molecule has 9 heteroatoms. The Morgan fingerprint density at radius 2 is 2.04 bits per heavy atom. The monoisotopic (exact) mass is 411 g/mol. The maximum Gasteiger partial charge on any atom is 0.216 e. The number of sulfonamides is 1. The van der Waals surface area contributed by atoms with E-state index in [1.165, 1.54) is 11.1 Å². The summed E-state index contributed by atoms with van der Waals surface area (Å²) in [6, 6.07) is 2.03. The van der Waals surface area contributed by atoms with Gasteiger partial charge in [0, 0.05) is 52.2 Å². The largest absolute Gasteiger partial charge is 0.378 e. The molecule has 1 saturated heterocycles. The van der Waals surface area contributed by atoms with Crippen LogP contribution in [0.5, 0.6) is 0 Å². The second-order valence-corrected chi connectivity index (χ2v) is 9.24. The Bertz CT molecular complexity index is 744. The number of aromatic nitrogens is 1. The Balaban J connectivity index is 1.79. The average Bonchev–Trinajstić information content (AvgIpc) is 2.66. The average molecular weight is 412 g/mol. The highest BCUT2D eigenvalue weighted by molar-refractivity contribution is 7.89. The van der Waals surface area contributed by atoms with Gasteiger partial charge in [0.05, 0.1) is 18.5 Å². The third-order valence-corrected chi connectivity index (χ3v) is 6.58. The van der Waals surface area contributed by atoms with Crippen LogP contribution < -0.4 is 5.32 Å². The van der Waals surface area contributed by atoms with Crippen molar-refractivity contribution in [3.05, 3.63) is 29.6 Å². The van der Waals surface area contributed by atoms with Gasteiger partial charge in [-0.05, 0) is 44.4 Å². The van der Waals surface area contributed by atoms with E-state index in [0.717, 1.165) is 18.9 Å². The van der Waals surface area contributed by atoms with Crippen LogP contribution in [0.15, 0.2) is 23.5 Å². The van der Waals surface area contributed by atoms with E-state index in [1.54, 1.807) is 11.4 Å². The summed E-state index contributed by atoms with van der Waals surface area (Å²) in [5.74, 6) is 0.843. The molecular formula is C19H33N5O3S. The number of hydrogen-bond donors (Lipinski definition) is 1. The molecule has 2 rings (SSSR count). The molecule has 0 aliphatic carbocycles. The van der Waals surface area contributed by atoms with Crippen molar-refractivity contribution in [2.75, 3.05) is 52.1 Å². The summed E-state index contributed by atoms with van der Waals surface area (Å²) in [5.41, 5.74) is 2.44. The highest BCUT2D eigenvalue weighted by Crippen LogP contribution is 2.09. The van der Waals surface area contributed by atoms with Crippen LogP contribution in [-0.2, 0) is 21.2 Å². The number of hydrogen-bond acceptors (Lipinski definition) is 5. The normalized spacial score (nSPS) is 16.6. The number of ether oxygens (including phenoxy) is 1. The molecular weight excluding hydrogens is 378 g/mol. The molecule has 1 aromatic rings. The molecule has 28 heavy (non-hydrogen) atoms. The summed E-state index contributed by atoms with van der Waals surface area (Å²) in [6.07, 6.45) is 4.61. The molecule has 0 aromatic carbocycles. The van der Waals surface area contributed by atoms with E-state index < -0.39 is 10.0 Å². The van der Waals surface area contributed by atoms with E-state index in [2.05, 4.69) is 27.1 Å². The number of nitrogens with zero attached hydrogens (tertiary/aromatic N) is 4. The zero-order chi connectivity index (χ0) is 20.6. The molecule has 1 aromatic heterocycles. The molecule has 8 nitrogen and oxygen atoms in total. The van der Waals surface area contributed by atoms with Crippen molar-refractivity contribution in [2.24, 2.45) is 4.99 Å². The van der Waals surface area contributed by atoms with E-state index in [1.807, 2.05) is 32.3 Å². The van der Waals surface area contributed by atoms with Crippen LogP contribution in [0.2, 0.25) is 0 Å². The van der Waals surface area contributed by atoms with Gasteiger partial charge in [-0.25, -0.2) is 8.42 Å². The van der Waals surface area contributed by atoms with Gasteiger partial charge < -0.3 is 15.0 Å². The summed E-state index contributed by atoms with van der Waals surface area (Å²) in [6.45, 7) is 9.04. The van der Waals surface area contributed by atoms with E-state index in [0.29, 0.717) is 26.2 Å². The van der Waals surface area contributed by atoms with Gasteiger partial charge in [0.15, 0.2) is 5.96 Å². The van der Waals surface area contributed by atoms with E-state index in [-0.39, 0.29) is 18.5 Å². The Hall–Kier alpha value is -1.71. The number of guanidine groups is 1. The first-order valence-corrected chi connectivity index (χ1v) is 11.4. The van der Waals surface area contributed by atoms with Gasteiger partial charge in [0.25, 0.3) is 0 Å². The number of pyridine rings is 1. The van der Waals surface area contributed by atoms with Crippen LogP contribution >= 0.6 is 0 Å². The van der Waals surface area contributed by atoms with Gasteiger partial charge in [0.2, 0.25) is 10.0 Å². The minimum atomic E-state index is -3.28. The highest BCUT2D eigenvalue weighted by atomic mass is 32.2. The molecule has 0 unspecified atom stereocenters. The van der Waals surface area contributed by atoms with Gasteiger partial charge in [-0.1, -0.05) is 0 Å². The molecule has 158 valence electrons. The van der Waals surface area contributed by atoms with Gasteiger partial charge in [-0.15, -0.1) is 0 Å². The van der Waals surface area contributed by atoms with E-state index >= 15 is 0 Å². The lowest BCUT2D eigenvalue weighted by Gasteiger charge is -2.35. The highest BCUT2D eigenvalue weighted by Gasteiger charge is 2.27. The lowest BCUT2D eigenvalue weighted by molar-refractivity contribution is 0.0904. The zero-order valence-electron chi connectivity index (χ0n) is 17.4. The summed E-state index contributed by atoms with van der Waals surface area (Å²) < 4.78 is 31.8. The zero-order valence-corrected chi connectivity index (χ0v) is 18.2. The number of rotatable bonds is 8. The van der Waals surface area contributed by atoms with Gasteiger partial charge in [-0.2, -0.15) is 4.31 Å². The fraction of sp³-hybridized carbons (Fsp3) is 0.684. The van der Waals surface area contributed by atoms with Crippen molar-refractivity contribution in [3.8, 4) is 0 Å². The Labute approximate surface area is 169 Å². The van der Waals surface area contributed by atoms with Crippen LogP contribution in [0.25, 0.3) is 0 Å².